The van der Waals surface area contributed by atoms with E-state index in [1.54, 1.807) is 0 Å². The first kappa shape index (κ1) is 12.2. The molecule has 19 heavy (non-hydrogen) atoms. The Morgan fingerprint density at radius 1 is 0.895 bits per heavy atom. The van der Waals surface area contributed by atoms with E-state index < -0.39 is 0 Å². The van der Waals surface area contributed by atoms with Crippen LogP contribution >= 0.6 is 0 Å². The molecular formula is C17H18NO. The average Bonchev–Trinajstić information content (AvgIpc) is 2.48. The lowest BCUT2D eigenvalue weighted by Gasteiger charge is -2.28. The molecule has 1 saturated heterocycles. The van der Waals surface area contributed by atoms with Crippen molar-refractivity contribution in [3.63, 3.8) is 0 Å². The van der Waals surface area contributed by atoms with Gasteiger partial charge in [-0.25, -0.2) is 0 Å². The first-order chi connectivity index (χ1) is 9.33. The first-order valence-corrected chi connectivity index (χ1v) is 6.68. The Labute approximate surface area is 114 Å². The van der Waals surface area contributed by atoms with Gasteiger partial charge in [-0.05, 0) is 35.7 Å². The Balaban J connectivity index is 1.82. The zero-order valence-electron chi connectivity index (χ0n) is 11.0. The second-order valence-electron chi connectivity index (χ2n) is 4.85. The third-order valence-corrected chi connectivity index (χ3v) is 3.50. The van der Waals surface area contributed by atoms with Gasteiger partial charge in [0.15, 0.2) is 0 Å². The molecule has 3 rings (SSSR count). The van der Waals surface area contributed by atoms with Crippen molar-refractivity contribution in [1.82, 2.24) is 0 Å². The summed E-state index contributed by atoms with van der Waals surface area (Å²) in [6.45, 7) is 7.58. The minimum atomic E-state index is 0.825. The summed E-state index contributed by atoms with van der Waals surface area (Å²) in [5.41, 5.74) is 4.79. The minimum Gasteiger partial charge on any atom is -0.378 e. The van der Waals surface area contributed by atoms with Gasteiger partial charge in [0.2, 0.25) is 0 Å². The van der Waals surface area contributed by atoms with Crippen molar-refractivity contribution in [2.45, 2.75) is 0 Å². The van der Waals surface area contributed by atoms with E-state index in [0.717, 1.165) is 31.9 Å². The summed E-state index contributed by atoms with van der Waals surface area (Å²) in [6, 6.07) is 17.0. The van der Waals surface area contributed by atoms with Gasteiger partial charge >= 0.3 is 0 Å². The molecule has 0 atom stereocenters. The first-order valence-electron chi connectivity index (χ1n) is 6.68. The number of hydrogen-bond acceptors (Lipinski definition) is 2. The molecule has 0 saturated carbocycles. The van der Waals surface area contributed by atoms with Gasteiger partial charge in [-0.1, -0.05) is 36.4 Å². The van der Waals surface area contributed by atoms with Crippen molar-refractivity contribution in [1.29, 1.82) is 0 Å². The smallest absolute Gasteiger partial charge is 0.0642 e. The fourth-order valence-corrected chi connectivity index (χ4v) is 2.44. The molecule has 2 aromatic rings. The van der Waals surface area contributed by atoms with Crippen LogP contribution in [0.25, 0.3) is 11.1 Å². The molecule has 1 aliphatic rings. The fourth-order valence-electron chi connectivity index (χ4n) is 2.44. The maximum absolute atomic E-state index is 5.38. The highest BCUT2D eigenvalue weighted by Gasteiger charge is 2.10. The molecule has 1 aliphatic heterocycles. The van der Waals surface area contributed by atoms with Gasteiger partial charge in [0.05, 0.1) is 13.2 Å². The third-order valence-electron chi connectivity index (χ3n) is 3.50. The molecule has 2 nitrogen and oxygen atoms in total. The van der Waals surface area contributed by atoms with E-state index in [0.29, 0.717) is 0 Å². The largest absolute Gasteiger partial charge is 0.378 e. The highest BCUT2D eigenvalue weighted by atomic mass is 16.5. The zero-order valence-corrected chi connectivity index (χ0v) is 11.0. The lowest BCUT2D eigenvalue weighted by atomic mass is 10.0. The number of anilines is 1. The number of hydrogen-bond donors (Lipinski definition) is 0. The molecule has 0 amide bonds. The van der Waals surface area contributed by atoms with E-state index >= 15 is 0 Å². The number of rotatable bonds is 2. The summed E-state index contributed by atoms with van der Waals surface area (Å²) < 4.78 is 5.38. The van der Waals surface area contributed by atoms with Crippen LogP contribution in [0.4, 0.5) is 5.69 Å². The van der Waals surface area contributed by atoms with E-state index in [-0.39, 0.29) is 0 Å². The molecule has 0 N–H and O–H groups in total. The summed E-state index contributed by atoms with van der Waals surface area (Å²) in [5, 5.41) is 0. The van der Waals surface area contributed by atoms with Crippen LogP contribution in [0.15, 0.2) is 48.5 Å². The molecule has 0 unspecified atom stereocenters. The monoisotopic (exact) mass is 252 g/mol. The van der Waals surface area contributed by atoms with Gasteiger partial charge in [0, 0.05) is 18.8 Å². The van der Waals surface area contributed by atoms with Crippen LogP contribution in [0.2, 0.25) is 0 Å². The van der Waals surface area contributed by atoms with E-state index in [1.165, 1.54) is 16.8 Å². The topological polar surface area (TPSA) is 12.5 Å². The van der Waals surface area contributed by atoms with Crippen molar-refractivity contribution in [3.8, 4) is 11.1 Å². The van der Waals surface area contributed by atoms with Gasteiger partial charge in [-0.2, -0.15) is 0 Å². The molecule has 0 bridgehead atoms. The summed E-state index contributed by atoms with van der Waals surface area (Å²) >= 11 is 0. The fraction of sp³-hybridized carbons (Fsp3) is 0.235. The Morgan fingerprint density at radius 3 is 2.32 bits per heavy atom. The van der Waals surface area contributed by atoms with Crippen LogP contribution in [0.1, 0.15) is 5.56 Å². The predicted molar refractivity (Wildman–Crippen MR) is 79.4 cm³/mol. The summed E-state index contributed by atoms with van der Waals surface area (Å²) in [6.07, 6.45) is 0. The number of benzene rings is 2. The number of nitrogens with zero attached hydrogens (tertiary/aromatic N) is 1. The van der Waals surface area contributed by atoms with Gasteiger partial charge in [0.1, 0.15) is 0 Å². The van der Waals surface area contributed by atoms with Crippen molar-refractivity contribution in [2.75, 3.05) is 31.2 Å². The van der Waals surface area contributed by atoms with Gasteiger partial charge in [0.25, 0.3) is 0 Å². The van der Waals surface area contributed by atoms with Crippen molar-refractivity contribution < 1.29 is 4.74 Å². The molecule has 1 fully saturated rings. The standard InChI is InChI=1S/C17H18NO/c1-14-3-2-4-16(13-14)15-5-7-17(8-6-15)18-9-11-19-12-10-18/h2-8,13H,1,9-12H2. The second kappa shape index (κ2) is 5.45. The average molecular weight is 252 g/mol. The molecule has 0 spiro atoms. The molecule has 1 heterocycles. The molecule has 1 radical (unpaired) electrons. The van der Waals surface area contributed by atoms with Crippen LogP contribution in [0, 0.1) is 6.92 Å². The third kappa shape index (κ3) is 2.79. The Kier molecular flexibility index (Phi) is 3.51. The molecule has 2 heteroatoms. The summed E-state index contributed by atoms with van der Waals surface area (Å²) in [4.78, 5) is 2.37. The Bertz CT molecular complexity index is 541. The highest BCUT2D eigenvalue weighted by Crippen LogP contribution is 2.24. The summed E-state index contributed by atoms with van der Waals surface area (Å²) in [7, 11) is 0. The van der Waals surface area contributed by atoms with Crippen LogP contribution in [-0.2, 0) is 4.74 Å². The molecular weight excluding hydrogens is 234 g/mol. The Morgan fingerprint density at radius 2 is 1.63 bits per heavy atom. The van der Waals surface area contributed by atoms with Crippen LogP contribution in [-0.4, -0.2) is 26.3 Å². The molecule has 0 aliphatic carbocycles. The molecule has 2 aromatic carbocycles. The Hall–Kier alpha value is -1.80. The SMILES string of the molecule is [CH2]c1cccc(-c2ccc(N3CCOCC3)cc2)c1. The van der Waals surface area contributed by atoms with Crippen molar-refractivity contribution in [2.24, 2.45) is 0 Å². The van der Waals surface area contributed by atoms with Crippen LogP contribution < -0.4 is 4.90 Å². The lowest BCUT2D eigenvalue weighted by Crippen LogP contribution is -2.36. The maximum Gasteiger partial charge on any atom is 0.0642 e. The van der Waals surface area contributed by atoms with Crippen LogP contribution in [0.3, 0.4) is 0 Å². The van der Waals surface area contributed by atoms with Crippen molar-refractivity contribution in [3.05, 3.63) is 61.0 Å². The van der Waals surface area contributed by atoms with E-state index in [9.17, 15) is 0 Å². The number of morpholine rings is 1. The quantitative estimate of drug-likeness (QED) is 0.812. The van der Waals surface area contributed by atoms with Crippen molar-refractivity contribution >= 4 is 5.69 Å². The maximum atomic E-state index is 5.38. The molecule has 0 aromatic heterocycles. The lowest BCUT2D eigenvalue weighted by molar-refractivity contribution is 0.122. The van der Waals surface area contributed by atoms with Crippen LogP contribution in [0.5, 0.6) is 0 Å². The highest BCUT2D eigenvalue weighted by molar-refractivity contribution is 5.67. The summed E-state index contributed by atoms with van der Waals surface area (Å²) in [5.74, 6) is 0. The predicted octanol–water partition coefficient (Wildman–Crippen LogP) is 3.37. The minimum absolute atomic E-state index is 0.825. The number of ether oxygens (including phenoxy) is 1. The second-order valence-corrected chi connectivity index (χ2v) is 4.85. The van der Waals surface area contributed by atoms with E-state index in [2.05, 4.69) is 48.2 Å². The normalized spacial score (nSPS) is 15.5. The zero-order chi connectivity index (χ0) is 13.1. The molecule has 97 valence electrons. The van der Waals surface area contributed by atoms with Gasteiger partial charge < -0.3 is 9.64 Å². The van der Waals surface area contributed by atoms with E-state index in [1.807, 2.05) is 12.1 Å². The van der Waals surface area contributed by atoms with Gasteiger partial charge in [-0.3, -0.25) is 0 Å². The van der Waals surface area contributed by atoms with E-state index in [4.69, 9.17) is 4.74 Å². The van der Waals surface area contributed by atoms with Gasteiger partial charge in [-0.15, -0.1) is 0 Å².